The Morgan fingerprint density at radius 3 is 1.38 bits per heavy atom. The van der Waals surface area contributed by atoms with E-state index < -0.39 is 10.8 Å². The first-order chi connectivity index (χ1) is 5.92. The van der Waals surface area contributed by atoms with E-state index in [4.69, 9.17) is 0 Å². The Kier molecular flexibility index (Phi) is 17.6. The van der Waals surface area contributed by atoms with E-state index in [0.29, 0.717) is 5.41 Å². The molecule has 13 heavy (non-hydrogen) atoms. The molecule has 0 N–H and O–H groups in total. The summed E-state index contributed by atoms with van der Waals surface area (Å²) in [5.74, 6) is 0.837. The summed E-state index contributed by atoms with van der Waals surface area (Å²) in [4.78, 5) is 0. The molecule has 0 aliphatic heterocycles. The van der Waals surface area contributed by atoms with Crippen molar-refractivity contribution in [1.82, 2.24) is 0 Å². The minimum absolute atomic E-state index is 0.339. The Hall–Kier alpha value is 0.150. The van der Waals surface area contributed by atoms with Gasteiger partial charge in [0, 0.05) is 22.8 Å². The molecule has 0 bridgehead atoms. The van der Waals surface area contributed by atoms with Gasteiger partial charge >= 0.3 is 0 Å². The number of hydrogen-bond donors (Lipinski definition) is 0. The molecule has 0 radical (unpaired) electrons. The average molecular weight is 208 g/mol. The van der Waals surface area contributed by atoms with Crippen molar-refractivity contribution in [2.24, 2.45) is 5.41 Å². The Balaban J connectivity index is -0.000000218. The van der Waals surface area contributed by atoms with E-state index in [9.17, 15) is 4.21 Å². The summed E-state index contributed by atoms with van der Waals surface area (Å²) in [6.45, 7) is 14.5. The van der Waals surface area contributed by atoms with Crippen molar-refractivity contribution in [1.29, 1.82) is 0 Å². The predicted octanol–water partition coefficient (Wildman–Crippen LogP) is 3.85. The van der Waals surface area contributed by atoms with Gasteiger partial charge in [0.25, 0.3) is 0 Å². The summed E-state index contributed by atoms with van der Waals surface area (Å²) in [6, 6.07) is 0. The Morgan fingerprint density at radius 1 is 1.00 bits per heavy atom. The summed E-state index contributed by atoms with van der Waals surface area (Å²) in [7, 11) is -0.612. The van der Waals surface area contributed by atoms with Crippen LogP contribution < -0.4 is 0 Å². The fraction of sp³-hybridized carbons (Fsp3) is 1.00. The third-order valence-corrected chi connectivity index (χ3v) is 1.92. The molecule has 0 fully saturated rings. The molecule has 0 aliphatic carbocycles. The molecule has 0 heterocycles. The molecule has 1 unspecified atom stereocenters. The van der Waals surface area contributed by atoms with E-state index >= 15 is 0 Å². The predicted molar refractivity (Wildman–Crippen MR) is 65.7 cm³/mol. The van der Waals surface area contributed by atoms with Crippen molar-refractivity contribution in [3.8, 4) is 0 Å². The van der Waals surface area contributed by atoms with E-state index in [1.165, 1.54) is 0 Å². The minimum atomic E-state index is -0.612. The van der Waals surface area contributed by atoms with Gasteiger partial charge in [-0.05, 0) is 11.8 Å². The van der Waals surface area contributed by atoms with Gasteiger partial charge in [0.15, 0.2) is 0 Å². The average Bonchev–Trinajstić information content (AvgIpc) is 2.07. The molecule has 0 saturated carbocycles. The summed E-state index contributed by atoms with van der Waals surface area (Å²) < 4.78 is 10.6. The first kappa shape index (κ1) is 18.8. The summed E-state index contributed by atoms with van der Waals surface area (Å²) in [6.07, 6.45) is 2.81. The lowest BCUT2D eigenvalue weighted by atomic mass is 9.94. The van der Waals surface area contributed by atoms with Crippen molar-refractivity contribution >= 4 is 10.8 Å². The molecule has 0 aromatic carbocycles. The molecule has 84 valence electrons. The summed E-state index contributed by atoms with van der Waals surface area (Å²) in [5, 5.41) is 0. The zero-order chi connectivity index (χ0) is 11.5. The van der Waals surface area contributed by atoms with Crippen LogP contribution in [0.4, 0.5) is 0 Å². The SMILES string of the molecule is CC.CC.CS(=O)CCC(C)(C)C. The Bertz CT molecular complexity index is 103. The third-order valence-electron chi connectivity index (χ3n) is 1.14. The molecule has 0 saturated heterocycles. The lowest BCUT2D eigenvalue weighted by Gasteiger charge is -2.16. The third kappa shape index (κ3) is 33.1. The second-order valence-electron chi connectivity index (χ2n) is 3.59. The molecule has 2 heteroatoms. The topological polar surface area (TPSA) is 17.1 Å². The molecule has 0 aliphatic rings. The lowest BCUT2D eigenvalue weighted by molar-refractivity contribution is 0.400. The smallest absolute Gasteiger partial charge is 0.0237 e. The van der Waals surface area contributed by atoms with Crippen molar-refractivity contribution in [3.05, 3.63) is 0 Å². The number of hydrogen-bond acceptors (Lipinski definition) is 1. The molecule has 0 amide bonds. The Labute approximate surface area is 87.8 Å². The second kappa shape index (κ2) is 12.2. The molecule has 1 nitrogen and oxygen atoms in total. The van der Waals surface area contributed by atoms with Crippen LogP contribution in [-0.2, 0) is 10.8 Å². The van der Waals surface area contributed by atoms with Crippen LogP contribution in [0.15, 0.2) is 0 Å². The molecule has 0 spiro atoms. The maximum Gasteiger partial charge on any atom is 0.0237 e. The van der Waals surface area contributed by atoms with Gasteiger partial charge in [-0.2, -0.15) is 0 Å². The van der Waals surface area contributed by atoms with Crippen molar-refractivity contribution in [2.45, 2.75) is 54.9 Å². The highest BCUT2D eigenvalue weighted by atomic mass is 32.2. The number of rotatable bonds is 2. The van der Waals surface area contributed by atoms with E-state index in [1.54, 1.807) is 6.26 Å². The zero-order valence-corrected chi connectivity index (χ0v) is 11.5. The van der Waals surface area contributed by atoms with Gasteiger partial charge in [-0.3, -0.25) is 4.21 Å². The van der Waals surface area contributed by atoms with Gasteiger partial charge in [-0.25, -0.2) is 0 Å². The second-order valence-corrected chi connectivity index (χ2v) is 5.14. The van der Waals surface area contributed by atoms with Gasteiger partial charge in [0.1, 0.15) is 0 Å². The van der Waals surface area contributed by atoms with Gasteiger partial charge in [0.05, 0.1) is 0 Å². The van der Waals surface area contributed by atoms with Crippen molar-refractivity contribution in [3.63, 3.8) is 0 Å². The van der Waals surface area contributed by atoms with Gasteiger partial charge in [-0.1, -0.05) is 48.5 Å². The van der Waals surface area contributed by atoms with Crippen molar-refractivity contribution < 1.29 is 4.21 Å². The molecule has 1 atom stereocenters. The van der Waals surface area contributed by atoms with E-state index in [-0.39, 0.29) is 0 Å². The largest absolute Gasteiger partial charge is 0.260 e. The van der Waals surface area contributed by atoms with Crippen LogP contribution in [0.25, 0.3) is 0 Å². The Morgan fingerprint density at radius 2 is 1.31 bits per heavy atom. The van der Waals surface area contributed by atoms with Crippen LogP contribution in [0, 0.1) is 5.41 Å². The van der Waals surface area contributed by atoms with Gasteiger partial charge < -0.3 is 0 Å². The van der Waals surface area contributed by atoms with Crippen LogP contribution in [0.5, 0.6) is 0 Å². The quantitative estimate of drug-likeness (QED) is 0.673. The van der Waals surface area contributed by atoms with Crippen LogP contribution in [0.2, 0.25) is 0 Å². The standard InChI is InChI=1S/C7H16OS.2C2H6/c1-7(2,3)5-6-9(4)8;2*1-2/h5-6H2,1-4H3;2*1-2H3. The first-order valence-electron chi connectivity index (χ1n) is 5.22. The molecule has 0 aromatic rings. The normalized spacial score (nSPS) is 11.7. The maximum atomic E-state index is 10.6. The van der Waals surface area contributed by atoms with Crippen LogP contribution in [0.3, 0.4) is 0 Å². The minimum Gasteiger partial charge on any atom is -0.260 e. The molecule has 0 rings (SSSR count). The molecular weight excluding hydrogens is 180 g/mol. The fourth-order valence-electron chi connectivity index (χ4n) is 0.450. The van der Waals surface area contributed by atoms with Crippen LogP contribution in [-0.4, -0.2) is 16.2 Å². The highest BCUT2D eigenvalue weighted by Crippen LogP contribution is 2.17. The van der Waals surface area contributed by atoms with Gasteiger partial charge in [0.2, 0.25) is 0 Å². The van der Waals surface area contributed by atoms with Crippen molar-refractivity contribution in [2.75, 3.05) is 12.0 Å². The summed E-state index contributed by atoms with van der Waals surface area (Å²) >= 11 is 0. The van der Waals surface area contributed by atoms with E-state index in [2.05, 4.69) is 20.8 Å². The maximum absolute atomic E-state index is 10.6. The van der Waals surface area contributed by atoms with E-state index in [0.717, 1.165) is 12.2 Å². The zero-order valence-electron chi connectivity index (χ0n) is 10.7. The van der Waals surface area contributed by atoms with Crippen LogP contribution in [0.1, 0.15) is 54.9 Å². The monoisotopic (exact) mass is 208 g/mol. The lowest BCUT2D eigenvalue weighted by Crippen LogP contribution is -2.09. The summed E-state index contributed by atoms with van der Waals surface area (Å²) in [5.41, 5.74) is 0.339. The fourth-order valence-corrected chi connectivity index (χ4v) is 1.35. The first-order valence-corrected chi connectivity index (χ1v) is 6.94. The molecular formula is C11H28OS. The highest BCUT2D eigenvalue weighted by molar-refractivity contribution is 7.84. The molecule has 0 aromatic heterocycles. The van der Waals surface area contributed by atoms with Gasteiger partial charge in [-0.15, -0.1) is 0 Å². The highest BCUT2D eigenvalue weighted by Gasteiger charge is 2.09. The van der Waals surface area contributed by atoms with Crippen LogP contribution >= 0.6 is 0 Å². The van der Waals surface area contributed by atoms with E-state index in [1.807, 2.05) is 27.7 Å².